The second kappa shape index (κ2) is 7.34. The van der Waals surface area contributed by atoms with Crippen LogP contribution in [0.2, 0.25) is 0 Å². The van der Waals surface area contributed by atoms with E-state index in [0.717, 1.165) is 54.6 Å². The fourth-order valence-electron chi connectivity index (χ4n) is 4.33. The predicted octanol–water partition coefficient (Wildman–Crippen LogP) is 4.75. The number of thiophene rings is 1. The first-order valence-corrected chi connectivity index (χ1v) is 11.4. The molecular weight excluding hydrogens is 376 g/mol. The molecule has 2 saturated heterocycles. The summed E-state index contributed by atoms with van der Waals surface area (Å²) < 4.78 is 7.39. The Morgan fingerprint density at radius 2 is 2.07 bits per heavy atom. The van der Waals surface area contributed by atoms with Gasteiger partial charge in [0.25, 0.3) is 5.91 Å². The van der Waals surface area contributed by atoms with Gasteiger partial charge in [-0.1, -0.05) is 24.3 Å². The highest BCUT2D eigenvalue weighted by atomic mass is 32.2. The van der Waals surface area contributed by atoms with Gasteiger partial charge in [-0.05, 0) is 43.3 Å². The molecule has 2 fully saturated rings. The summed E-state index contributed by atoms with van der Waals surface area (Å²) in [4.78, 5) is 15.7. The van der Waals surface area contributed by atoms with Gasteiger partial charge in [-0.3, -0.25) is 4.79 Å². The first-order chi connectivity index (χ1) is 13.3. The number of nitrogens with zero attached hydrogens (tertiary/aromatic N) is 1. The number of fused-ring (bicyclic) bond motifs is 3. The molecule has 2 aliphatic rings. The van der Waals surface area contributed by atoms with E-state index in [1.54, 1.807) is 23.1 Å². The van der Waals surface area contributed by atoms with Gasteiger partial charge in [0.2, 0.25) is 0 Å². The minimum Gasteiger partial charge on any atom is -0.451 e. The Morgan fingerprint density at radius 1 is 1.19 bits per heavy atom. The van der Waals surface area contributed by atoms with Crippen LogP contribution in [-0.4, -0.2) is 36.0 Å². The highest BCUT2D eigenvalue weighted by Crippen LogP contribution is 2.36. The number of para-hydroxylation sites is 1. The van der Waals surface area contributed by atoms with Gasteiger partial charge in [-0.25, -0.2) is 0 Å². The van der Waals surface area contributed by atoms with Crippen molar-refractivity contribution in [2.75, 3.05) is 13.1 Å². The molecule has 0 radical (unpaired) electrons. The topological polar surface area (TPSA) is 45.5 Å². The summed E-state index contributed by atoms with van der Waals surface area (Å²) in [6.07, 6.45) is 3.22. The molecule has 27 heavy (non-hydrogen) atoms. The highest BCUT2D eigenvalue weighted by Gasteiger charge is 2.40. The van der Waals surface area contributed by atoms with Gasteiger partial charge in [0.05, 0.1) is 4.21 Å². The summed E-state index contributed by atoms with van der Waals surface area (Å²) in [5.74, 6) is 1.36. The second-order valence-corrected chi connectivity index (χ2v) is 9.44. The SMILES string of the molecule is O=C(c1oc2ccccc2c1CSc1cccs1)N1C2CCNCC1CC2. The van der Waals surface area contributed by atoms with Crippen molar-refractivity contribution in [1.82, 2.24) is 10.2 Å². The number of carbonyl (C=O) groups excluding carboxylic acids is 1. The van der Waals surface area contributed by atoms with E-state index in [-0.39, 0.29) is 11.9 Å². The van der Waals surface area contributed by atoms with E-state index in [0.29, 0.717) is 11.8 Å². The average Bonchev–Trinajstić information content (AvgIpc) is 3.36. The number of furan rings is 1. The third-order valence-corrected chi connectivity index (χ3v) is 7.79. The number of nitrogens with one attached hydrogen (secondary N) is 1. The molecule has 2 aromatic heterocycles. The van der Waals surface area contributed by atoms with Crippen LogP contribution in [0, 0.1) is 0 Å². The molecule has 4 heterocycles. The Morgan fingerprint density at radius 3 is 2.96 bits per heavy atom. The maximum Gasteiger partial charge on any atom is 0.290 e. The molecule has 6 heteroatoms. The minimum atomic E-state index is 0.0733. The van der Waals surface area contributed by atoms with Crippen LogP contribution in [0.1, 0.15) is 35.4 Å². The van der Waals surface area contributed by atoms with Gasteiger partial charge in [0.1, 0.15) is 5.58 Å². The van der Waals surface area contributed by atoms with Crippen molar-refractivity contribution in [2.45, 2.75) is 41.3 Å². The van der Waals surface area contributed by atoms with Crippen molar-refractivity contribution in [2.24, 2.45) is 0 Å². The molecule has 4 nitrogen and oxygen atoms in total. The van der Waals surface area contributed by atoms with E-state index < -0.39 is 0 Å². The molecule has 140 valence electrons. The van der Waals surface area contributed by atoms with Gasteiger partial charge < -0.3 is 14.6 Å². The molecule has 0 spiro atoms. The Bertz CT molecular complexity index is 936. The van der Waals surface area contributed by atoms with Crippen LogP contribution in [0.5, 0.6) is 0 Å². The lowest BCUT2D eigenvalue weighted by Gasteiger charge is -2.27. The van der Waals surface area contributed by atoms with Crippen molar-refractivity contribution in [1.29, 1.82) is 0 Å². The summed E-state index contributed by atoms with van der Waals surface area (Å²) in [6, 6.07) is 12.8. The zero-order chi connectivity index (χ0) is 18.2. The molecule has 0 saturated carbocycles. The van der Waals surface area contributed by atoms with Crippen LogP contribution < -0.4 is 5.32 Å². The maximum absolute atomic E-state index is 13.6. The van der Waals surface area contributed by atoms with E-state index in [2.05, 4.69) is 33.8 Å². The van der Waals surface area contributed by atoms with Crippen LogP contribution in [0.15, 0.2) is 50.4 Å². The monoisotopic (exact) mass is 398 g/mol. The van der Waals surface area contributed by atoms with Crippen LogP contribution in [-0.2, 0) is 5.75 Å². The number of hydrogen-bond donors (Lipinski definition) is 1. The normalized spacial score (nSPS) is 22.3. The van der Waals surface area contributed by atoms with Gasteiger partial charge in [-0.15, -0.1) is 23.1 Å². The van der Waals surface area contributed by atoms with Crippen molar-refractivity contribution < 1.29 is 9.21 Å². The molecule has 2 unspecified atom stereocenters. The summed E-state index contributed by atoms with van der Waals surface area (Å²) in [5.41, 5.74) is 1.84. The summed E-state index contributed by atoms with van der Waals surface area (Å²) in [6.45, 7) is 1.88. The van der Waals surface area contributed by atoms with Crippen molar-refractivity contribution in [3.05, 3.63) is 53.1 Å². The first-order valence-electron chi connectivity index (χ1n) is 9.51. The Labute approximate surface area is 166 Å². The third kappa shape index (κ3) is 3.20. The molecule has 2 bridgehead atoms. The largest absolute Gasteiger partial charge is 0.451 e. The molecule has 3 aromatic rings. The summed E-state index contributed by atoms with van der Waals surface area (Å²) >= 11 is 3.51. The van der Waals surface area contributed by atoms with E-state index in [1.807, 2.05) is 18.2 Å². The number of carbonyl (C=O) groups is 1. The maximum atomic E-state index is 13.6. The number of benzene rings is 1. The summed E-state index contributed by atoms with van der Waals surface area (Å²) in [7, 11) is 0. The Hall–Kier alpha value is -1.76. The predicted molar refractivity (Wildman–Crippen MR) is 111 cm³/mol. The fraction of sp³-hybridized carbons (Fsp3) is 0.381. The van der Waals surface area contributed by atoms with Gasteiger partial charge in [-0.2, -0.15) is 0 Å². The average molecular weight is 399 g/mol. The van der Waals surface area contributed by atoms with E-state index in [4.69, 9.17) is 4.42 Å². The Kier molecular flexibility index (Phi) is 4.71. The highest BCUT2D eigenvalue weighted by molar-refractivity contribution is 8.00. The lowest BCUT2D eigenvalue weighted by molar-refractivity contribution is 0.0648. The molecule has 2 aliphatic heterocycles. The smallest absolute Gasteiger partial charge is 0.290 e. The third-order valence-electron chi connectivity index (χ3n) is 5.64. The van der Waals surface area contributed by atoms with Crippen LogP contribution in [0.25, 0.3) is 11.0 Å². The molecule has 0 aliphatic carbocycles. The molecule has 1 amide bonds. The van der Waals surface area contributed by atoms with Crippen molar-refractivity contribution >= 4 is 40.0 Å². The number of hydrogen-bond acceptors (Lipinski definition) is 5. The molecular formula is C21H22N2O2S2. The first kappa shape index (κ1) is 17.3. The standard InChI is InChI=1S/C21H22N2O2S2/c24-21(23-14-7-8-15(23)12-22-10-9-14)20-17(13-27-19-6-3-11-26-19)16-4-1-2-5-18(16)25-20/h1-6,11,14-15,22H,7-10,12-13H2. The molecule has 1 aromatic carbocycles. The van der Waals surface area contributed by atoms with E-state index in [1.165, 1.54) is 4.21 Å². The van der Waals surface area contributed by atoms with Gasteiger partial charge in [0.15, 0.2) is 5.76 Å². The van der Waals surface area contributed by atoms with E-state index in [9.17, 15) is 4.79 Å². The molecule has 5 rings (SSSR count). The zero-order valence-corrected chi connectivity index (χ0v) is 16.7. The van der Waals surface area contributed by atoms with Crippen LogP contribution in [0.4, 0.5) is 0 Å². The number of amides is 1. The second-order valence-electron chi connectivity index (χ2n) is 7.22. The summed E-state index contributed by atoms with van der Waals surface area (Å²) in [5, 5.41) is 6.62. The quantitative estimate of drug-likeness (QED) is 0.644. The van der Waals surface area contributed by atoms with Crippen LogP contribution in [0.3, 0.4) is 0 Å². The van der Waals surface area contributed by atoms with Gasteiger partial charge >= 0.3 is 0 Å². The molecule has 2 atom stereocenters. The van der Waals surface area contributed by atoms with Crippen molar-refractivity contribution in [3.8, 4) is 0 Å². The number of thioether (sulfide) groups is 1. The molecule has 1 N–H and O–H groups in total. The van der Waals surface area contributed by atoms with Crippen molar-refractivity contribution in [3.63, 3.8) is 0 Å². The number of rotatable bonds is 4. The van der Waals surface area contributed by atoms with Gasteiger partial charge in [0, 0.05) is 35.3 Å². The Balaban J connectivity index is 1.51. The lowest BCUT2D eigenvalue weighted by atomic mass is 10.1. The zero-order valence-electron chi connectivity index (χ0n) is 15.0. The lowest BCUT2D eigenvalue weighted by Crippen LogP contribution is -2.42. The minimum absolute atomic E-state index is 0.0733. The fourth-order valence-corrected chi connectivity index (χ4v) is 6.15. The van der Waals surface area contributed by atoms with E-state index >= 15 is 0 Å². The van der Waals surface area contributed by atoms with Crippen LogP contribution >= 0.6 is 23.1 Å².